The summed E-state index contributed by atoms with van der Waals surface area (Å²) in [6, 6.07) is 17.2. The lowest BCUT2D eigenvalue weighted by atomic mass is 10.2. The molecule has 2 N–H and O–H groups in total. The van der Waals surface area contributed by atoms with Crippen molar-refractivity contribution in [3.05, 3.63) is 54.6 Å². The molecule has 0 bridgehead atoms. The number of benzene rings is 2. The van der Waals surface area contributed by atoms with Gasteiger partial charge in [-0.3, -0.25) is 4.57 Å². The van der Waals surface area contributed by atoms with Gasteiger partial charge >= 0.3 is 0 Å². The van der Waals surface area contributed by atoms with Gasteiger partial charge in [0.15, 0.2) is 11.5 Å². The summed E-state index contributed by atoms with van der Waals surface area (Å²) < 4.78 is 1.75. The molecule has 0 aliphatic carbocycles. The number of H-pyrrole nitrogens is 1. The van der Waals surface area contributed by atoms with E-state index in [9.17, 15) is 5.11 Å². The Hall–Kier alpha value is -3.48. The molecule has 7 nitrogen and oxygen atoms in total. The van der Waals surface area contributed by atoms with Gasteiger partial charge in [-0.15, -0.1) is 20.4 Å². The van der Waals surface area contributed by atoms with Crippen LogP contribution in [0, 0.1) is 0 Å². The quantitative estimate of drug-likeness (QED) is 0.557. The Kier molecular flexibility index (Phi) is 3.31. The second-order valence-electron chi connectivity index (χ2n) is 5.32. The van der Waals surface area contributed by atoms with Gasteiger partial charge in [0.1, 0.15) is 0 Å². The Bertz CT molecular complexity index is 1030. The van der Waals surface area contributed by atoms with Crippen LogP contribution in [0.2, 0.25) is 0 Å². The molecule has 0 aliphatic heterocycles. The standard InChI is InChI=1S/C17H14N6O/c1-23-15(11-7-3-2-4-8-11)20-22-17(23)21-19-14-12-9-5-6-10-13(12)18-16(14)24/h2-10,18,24H,1H3. The molecule has 0 radical (unpaired) electrons. The van der Waals surface area contributed by atoms with Crippen LogP contribution in [-0.2, 0) is 7.05 Å². The first kappa shape index (κ1) is 14.1. The van der Waals surface area contributed by atoms with Crippen molar-refractivity contribution in [2.24, 2.45) is 17.3 Å². The summed E-state index contributed by atoms with van der Waals surface area (Å²) in [5.41, 5.74) is 2.13. The van der Waals surface area contributed by atoms with Crippen molar-refractivity contribution in [1.82, 2.24) is 19.7 Å². The third-order valence-electron chi connectivity index (χ3n) is 3.78. The number of hydrogen-bond donors (Lipinski definition) is 2. The van der Waals surface area contributed by atoms with E-state index < -0.39 is 0 Å². The number of para-hydroxylation sites is 1. The van der Waals surface area contributed by atoms with E-state index in [0.717, 1.165) is 16.5 Å². The van der Waals surface area contributed by atoms with Crippen molar-refractivity contribution >= 4 is 22.5 Å². The molecule has 0 amide bonds. The zero-order valence-corrected chi connectivity index (χ0v) is 12.9. The average Bonchev–Trinajstić information content (AvgIpc) is 3.13. The summed E-state index contributed by atoms with van der Waals surface area (Å²) in [7, 11) is 1.83. The molecule has 0 atom stereocenters. The smallest absolute Gasteiger partial charge is 0.270 e. The predicted octanol–water partition coefficient (Wildman–Crippen LogP) is 4.08. The molecule has 2 heterocycles. The van der Waals surface area contributed by atoms with E-state index in [1.807, 2.05) is 61.6 Å². The van der Waals surface area contributed by atoms with Gasteiger partial charge in [0.25, 0.3) is 5.95 Å². The number of aromatic hydroxyl groups is 1. The molecule has 2 aromatic heterocycles. The summed E-state index contributed by atoms with van der Waals surface area (Å²) in [4.78, 5) is 2.87. The van der Waals surface area contributed by atoms with Crippen molar-refractivity contribution in [2.75, 3.05) is 0 Å². The summed E-state index contributed by atoms with van der Waals surface area (Å²) in [5, 5.41) is 27.3. The first-order valence-electron chi connectivity index (χ1n) is 7.40. The van der Waals surface area contributed by atoms with Crippen LogP contribution >= 0.6 is 0 Å². The molecule has 4 rings (SSSR count). The maximum absolute atomic E-state index is 10.0. The molecule has 0 fully saturated rings. The van der Waals surface area contributed by atoms with Crippen molar-refractivity contribution in [1.29, 1.82) is 0 Å². The van der Waals surface area contributed by atoms with Crippen LogP contribution < -0.4 is 0 Å². The second kappa shape index (κ2) is 5.62. The van der Waals surface area contributed by atoms with Crippen molar-refractivity contribution in [3.63, 3.8) is 0 Å². The first-order valence-corrected chi connectivity index (χ1v) is 7.40. The summed E-state index contributed by atoms with van der Waals surface area (Å²) >= 11 is 0. The van der Waals surface area contributed by atoms with Crippen LogP contribution in [0.4, 0.5) is 11.6 Å². The minimum atomic E-state index is -0.0228. The van der Waals surface area contributed by atoms with Gasteiger partial charge in [-0.25, -0.2) is 0 Å². The first-order chi connectivity index (χ1) is 11.7. The number of aromatic amines is 1. The zero-order chi connectivity index (χ0) is 16.5. The van der Waals surface area contributed by atoms with Crippen molar-refractivity contribution in [2.45, 2.75) is 0 Å². The van der Waals surface area contributed by atoms with Gasteiger partial charge < -0.3 is 10.1 Å². The third-order valence-corrected chi connectivity index (χ3v) is 3.78. The lowest BCUT2D eigenvalue weighted by molar-refractivity contribution is 0.459. The highest BCUT2D eigenvalue weighted by atomic mass is 16.3. The van der Waals surface area contributed by atoms with E-state index in [0.29, 0.717) is 17.5 Å². The molecule has 0 spiro atoms. The number of fused-ring (bicyclic) bond motifs is 1. The molecule has 0 saturated carbocycles. The minimum Gasteiger partial charge on any atom is -0.493 e. The molecule has 2 aromatic carbocycles. The average molecular weight is 318 g/mol. The highest BCUT2D eigenvalue weighted by Gasteiger charge is 2.12. The third kappa shape index (κ3) is 2.32. The van der Waals surface area contributed by atoms with Gasteiger partial charge in [0.05, 0.1) is 5.52 Å². The Morgan fingerprint density at radius 2 is 1.71 bits per heavy atom. The second-order valence-corrected chi connectivity index (χ2v) is 5.32. The number of nitrogens with one attached hydrogen (secondary N) is 1. The van der Waals surface area contributed by atoms with Crippen LogP contribution in [-0.4, -0.2) is 24.9 Å². The van der Waals surface area contributed by atoms with E-state index >= 15 is 0 Å². The number of nitrogens with zero attached hydrogens (tertiary/aromatic N) is 5. The fraction of sp³-hybridized carbons (Fsp3) is 0.0588. The summed E-state index contributed by atoms with van der Waals surface area (Å²) in [6.07, 6.45) is 0. The van der Waals surface area contributed by atoms with E-state index in [-0.39, 0.29) is 5.88 Å². The van der Waals surface area contributed by atoms with E-state index in [2.05, 4.69) is 25.4 Å². The van der Waals surface area contributed by atoms with Crippen molar-refractivity contribution in [3.8, 4) is 17.3 Å². The van der Waals surface area contributed by atoms with Gasteiger partial charge in [-0.1, -0.05) is 48.5 Å². The van der Waals surface area contributed by atoms with E-state index in [4.69, 9.17) is 0 Å². The SMILES string of the molecule is Cn1c(N=Nc2c(O)[nH]c3ccccc23)nnc1-c1ccccc1. The summed E-state index contributed by atoms with van der Waals surface area (Å²) in [5.74, 6) is 1.04. The van der Waals surface area contributed by atoms with Gasteiger partial charge in [-0.2, -0.15) is 0 Å². The lowest BCUT2D eigenvalue weighted by Gasteiger charge is -2.00. The Balaban J connectivity index is 1.72. The number of hydrogen-bond acceptors (Lipinski definition) is 5. The van der Waals surface area contributed by atoms with Crippen LogP contribution in [0.3, 0.4) is 0 Å². The molecular weight excluding hydrogens is 304 g/mol. The van der Waals surface area contributed by atoms with Gasteiger partial charge in [0, 0.05) is 18.0 Å². The fourth-order valence-electron chi connectivity index (χ4n) is 2.56. The lowest BCUT2D eigenvalue weighted by Crippen LogP contribution is -1.91. The predicted molar refractivity (Wildman–Crippen MR) is 90.6 cm³/mol. The zero-order valence-electron chi connectivity index (χ0n) is 12.9. The number of rotatable bonds is 3. The highest BCUT2D eigenvalue weighted by Crippen LogP contribution is 2.36. The molecule has 4 aromatic rings. The van der Waals surface area contributed by atoms with Gasteiger partial charge in [-0.05, 0) is 6.07 Å². The fourth-order valence-corrected chi connectivity index (χ4v) is 2.56. The molecule has 24 heavy (non-hydrogen) atoms. The Labute approximate surface area is 137 Å². The maximum atomic E-state index is 10.0. The molecule has 0 saturated heterocycles. The topological polar surface area (TPSA) is 91.4 Å². The van der Waals surface area contributed by atoms with Crippen LogP contribution in [0.15, 0.2) is 64.8 Å². The monoisotopic (exact) mass is 318 g/mol. The number of azo groups is 1. The molecular formula is C17H14N6O. The summed E-state index contributed by atoms with van der Waals surface area (Å²) in [6.45, 7) is 0. The van der Waals surface area contributed by atoms with Gasteiger partial charge in [0.2, 0.25) is 5.88 Å². The molecule has 118 valence electrons. The maximum Gasteiger partial charge on any atom is 0.270 e. The molecule has 0 aliphatic rings. The Morgan fingerprint density at radius 1 is 0.958 bits per heavy atom. The number of aromatic nitrogens is 4. The van der Waals surface area contributed by atoms with Crippen molar-refractivity contribution < 1.29 is 5.11 Å². The Morgan fingerprint density at radius 3 is 2.54 bits per heavy atom. The minimum absolute atomic E-state index is 0.0228. The van der Waals surface area contributed by atoms with E-state index in [1.54, 1.807) is 4.57 Å². The molecule has 0 unspecified atom stereocenters. The molecule has 7 heteroatoms. The normalized spacial score (nSPS) is 11.5. The van der Waals surface area contributed by atoms with Crippen LogP contribution in [0.1, 0.15) is 0 Å². The van der Waals surface area contributed by atoms with E-state index in [1.165, 1.54) is 0 Å². The van der Waals surface area contributed by atoms with Crippen LogP contribution in [0.25, 0.3) is 22.3 Å². The highest BCUT2D eigenvalue weighted by molar-refractivity contribution is 5.94. The van der Waals surface area contributed by atoms with Crippen LogP contribution in [0.5, 0.6) is 5.88 Å². The largest absolute Gasteiger partial charge is 0.493 e.